The predicted molar refractivity (Wildman–Crippen MR) is 71.0 cm³/mol. The molecule has 0 saturated carbocycles. The highest BCUT2D eigenvalue weighted by atomic mass is 79.9. The Balaban J connectivity index is 2.17. The highest BCUT2D eigenvalue weighted by Crippen LogP contribution is 2.36. The number of methoxy groups -OCH3 is 1. The molecule has 0 atom stereocenters. The van der Waals surface area contributed by atoms with Crippen LogP contribution in [0.25, 0.3) is 0 Å². The van der Waals surface area contributed by atoms with Crippen LogP contribution in [0.5, 0.6) is 0 Å². The zero-order valence-corrected chi connectivity index (χ0v) is 12.7. The fourth-order valence-corrected chi connectivity index (χ4v) is 2.80. The first-order valence-corrected chi connectivity index (χ1v) is 6.73. The minimum atomic E-state index is -0.418. The van der Waals surface area contributed by atoms with Gasteiger partial charge in [0, 0.05) is 20.1 Å². The van der Waals surface area contributed by atoms with Crippen LogP contribution >= 0.6 is 15.9 Å². The van der Waals surface area contributed by atoms with Gasteiger partial charge in [0.15, 0.2) is 0 Å². The predicted octanol–water partition coefficient (Wildman–Crippen LogP) is 1.52. The van der Waals surface area contributed by atoms with Crippen molar-refractivity contribution in [2.45, 2.75) is 19.4 Å². The number of nitrogens with zero attached hydrogens (tertiary/aromatic N) is 3. The first-order chi connectivity index (χ1) is 8.39. The Morgan fingerprint density at radius 2 is 2.17 bits per heavy atom. The summed E-state index contributed by atoms with van der Waals surface area (Å²) in [7, 11) is 3.56. The van der Waals surface area contributed by atoms with Gasteiger partial charge in [0.25, 0.3) is 0 Å². The number of aromatic nitrogens is 2. The van der Waals surface area contributed by atoms with Gasteiger partial charge in [-0.1, -0.05) is 13.8 Å². The number of rotatable bonds is 3. The summed E-state index contributed by atoms with van der Waals surface area (Å²) in [4.78, 5) is 13.7. The summed E-state index contributed by atoms with van der Waals surface area (Å²) in [5, 5.41) is 4.26. The molecule has 1 aromatic rings. The Labute approximate surface area is 115 Å². The van der Waals surface area contributed by atoms with Crippen LogP contribution < -0.4 is 0 Å². The molecule has 6 heteroatoms. The van der Waals surface area contributed by atoms with E-state index >= 15 is 0 Å². The van der Waals surface area contributed by atoms with Crippen molar-refractivity contribution in [1.82, 2.24) is 14.7 Å². The first kappa shape index (κ1) is 13.5. The van der Waals surface area contributed by atoms with E-state index < -0.39 is 5.60 Å². The van der Waals surface area contributed by atoms with E-state index in [1.165, 1.54) is 0 Å². The lowest BCUT2D eigenvalue weighted by Crippen LogP contribution is -2.63. The normalized spacial score (nSPS) is 18.0. The van der Waals surface area contributed by atoms with Crippen LogP contribution in [0.4, 0.5) is 0 Å². The number of likely N-dealkylation sites (tertiary alicyclic amines) is 1. The van der Waals surface area contributed by atoms with E-state index in [0.29, 0.717) is 13.1 Å². The van der Waals surface area contributed by atoms with Crippen molar-refractivity contribution in [3.8, 4) is 0 Å². The Hall–Kier alpha value is -0.880. The van der Waals surface area contributed by atoms with Gasteiger partial charge in [-0.2, -0.15) is 5.10 Å². The molecule has 0 aromatic carbocycles. The largest absolute Gasteiger partial charge is 0.368 e. The lowest BCUT2D eigenvalue weighted by molar-refractivity contribution is -0.169. The molecule has 1 aromatic heterocycles. The molecule has 2 rings (SSSR count). The summed E-state index contributed by atoms with van der Waals surface area (Å²) in [5.74, 6) is 0.196. The Bertz CT molecular complexity index is 464. The second-order valence-electron chi connectivity index (χ2n) is 5.02. The van der Waals surface area contributed by atoms with Crippen LogP contribution in [0.1, 0.15) is 19.5 Å². The number of hydrogen-bond donors (Lipinski definition) is 0. The van der Waals surface area contributed by atoms with Crippen LogP contribution in [0.3, 0.4) is 0 Å². The van der Waals surface area contributed by atoms with Gasteiger partial charge in [0.2, 0.25) is 5.91 Å². The van der Waals surface area contributed by atoms with E-state index in [0.717, 1.165) is 10.3 Å². The molecule has 0 unspecified atom stereocenters. The molecule has 1 aliphatic rings. The van der Waals surface area contributed by atoms with Gasteiger partial charge in [0.1, 0.15) is 10.2 Å². The van der Waals surface area contributed by atoms with E-state index in [9.17, 15) is 4.79 Å². The van der Waals surface area contributed by atoms with Crippen molar-refractivity contribution in [1.29, 1.82) is 0 Å². The zero-order valence-electron chi connectivity index (χ0n) is 11.1. The lowest BCUT2D eigenvalue weighted by Gasteiger charge is -2.49. The van der Waals surface area contributed by atoms with Gasteiger partial charge in [-0.05, 0) is 22.0 Å². The fourth-order valence-electron chi connectivity index (χ4n) is 2.35. The Morgan fingerprint density at radius 1 is 1.56 bits per heavy atom. The molecule has 0 spiro atoms. The van der Waals surface area contributed by atoms with Crippen molar-refractivity contribution >= 4 is 21.8 Å². The average Bonchev–Trinajstić information content (AvgIpc) is 2.57. The van der Waals surface area contributed by atoms with Crippen molar-refractivity contribution in [2.24, 2.45) is 13.0 Å². The smallest absolute Gasteiger partial charge is 0.225 e. The molecule has 1 aliphatic heterocycles. The van der Waals surface area contributed by atoms with Gasteiger partial charge in [-0.25, -0.2) is 0 Å². The van der Waals surface area contributed by atoms with E-state index in [-0.39, 0.29) is 11.8 Å². The molecule has 1 amide bonds. The maximum atomic E-state index is 11.9. The quantitative estimate of drug-likeness (QED) is 0.849. The van der Waals surface area contributed by atoms with Gasteiger partial charge in [-0.3, -0.25) is 9.48 Å². The van der Waals surface area contributed by atoms with Crippen molar-refractivity contribution in [2.75, 3.05) is 20.2 Å². The standard InChI is InChI=1S/C12H18BrN3O2/c1-8(2)11(17)16-6-12(7-16,18-4)9-5-10(13)14-15(9)3/h5,8H,6-7H2,1-4H3. The number of carbonyl (C=O) groups excluding carboxylic acids is 1. The summed E-state index contributed by atoms with van der Waals surface area (Å²) < 4.78 is 8.22. The summed E-state index contributed by atoms with van der Waals surface area (Å²) >= 11 is 3.36. The maximum absolute atomic E-state index is 11.9. The second kappa shape index (κ2) is 4.66. The SMILES string of the molecule is COC1(c2cc(Br)nn2C)CN(C(=O)C(C)C)C1. The summed E-state index contributed by atoms with van der Waals surface area (Å²) in [6.07, 6.45) is 0. The van der Waals surface area contributed by atoms with E-state index in [1.807, 2.05) is 31.9 Å². The third-order valence-electron chi connectivity index (χ3n) is 3.41. The van der Waals surface area contributed by atoms with Crippen molar-refractivity contribution < 1.29 is 9.53 Å². The summed E-state index contributed by atoms with van der Waals surface area (Å²) in [6.45, 7) is 5.00. The third-order valence-corrected chi connectivity index (χ3v) is 3.79. The molecule has 18 heavy (non-hydrogen) atoms. The highest BCUT2D eigenvalue weighted by molar-refractivity contribution is 9.10. The topological polar surface area (TPSA) is 47.4 Å². The average molecular weight is 316 g/mol. The van der Waals surface area contributed by atoms with E-state index in [1.54, 1.807) is 11.8 Å². The number of aryl methyl sites for hydroxylation is 1. The van der Waals surface area contributed by atoms with Gasteiger partial charge < -0.3 is 9.64 Å². The molecular weight excluding hydrogens is 298 g/mol. The van der Waals surface area contributed by atoms with Gasteiger partial charge >= 0.3 is 0 Å². The van der Waals surface area contributed by atoms with E-state index in [4.69, 9.17) is 4.74 Å². The number of ether oxygens (including phenoxy) is 1. The minimum Gasteiger partial charge on any atom is -0.368 e. The van der Waals surface area contributed by atoms with Crippen LogP contribution in [0.2, 0.25) is 0 Å². The molecule has 100 valence electrons. The van der Waals surface area contributed by atoms with Crippen molar-refractivity contribution in [3.05, 3.63) is 16.4 Å². The Kier molecular flexibility index (Phi) is 3.51. The van der Waals surface area contributed by atoms with Gasteiger partial charge in [0.05, 0.1) is 18.8 Å². The molecular formula is C12H18BrN3O2. The summed E-state index contributed by atoms with van der Waals surface area (Å²) in [5.41, 5.74) is 0.572. The highest BCUT2D eigenvalue weighted by Gasteiger charge is 2.49. The minimum absolute atomic E-state index is 0.0260. The van der Waals surface area contributed by atoms with Crippen LogP contribution in [0.15, 0.2) is 10.7 Å². The molecule has 0 aliphatic carbocycles. The maximum Gasteiger partial charge on any atom is 0.225 e. The monoisotopic (exact) mass is 315 g/mol. The zero-order chi connectivity index (χ0) is 13.5. The van der Waals surface area contributed by atoms with Gasteiger partial charge in [-0.15, -0.1) is 0 Å². The van der Waals surface area contributed by atoms with Crippen LogP contribution in [0, 0.1) is 5.92 Å². The molecule has 2 heterocycles. The molecule has 5 nitrogen and oxygen atoms in total. The Morgan fingerprint density at radius 3 is 2.56 bits per heavy atom. The number of amides is 1. The first-order valence-electron chi connectivity index (χ1n) is 5.93. The third kappa shape index (κ3) is 2.07. The van der Waals surface area contributed by atoms with Crippen molar-refractivity contribution in [3.63, 3.8) is 0 Å². The molecule has 1 saturated heterocycles. The number of hydrogen-bond acceptors (Lipinski definition) is 3. The fraction of sp³-hybridized carbons (Fsp3) is 0.667. The second-order valence-corrected chi connectivity index (χ2v) is 5.84. The number of halogens is 1. The molecule has 1 fully saturated rings. The van der Waals surface area contributed by atoms with E-state index in [2.05, 4.69) is 21.0 Å². The summed E-state index contributed by atoms with van der Waals surface area (Å²) in [6, 6.07) is 1.95. The lowest BCUT2D eigenvalue weighted by atomic mass is 9.89. The molecule has 0 radical (unpaired) electrons. The molecule has 0 N–H and O–H groups in total. The number of carbonyl (C=O) groups is 1. The van der Waals surface area contributed by atoms with Crippen LogP contribution in [-0.4, -0.2) is 40.8 Å². The molecule has 0 bridgehead atoms. The van der Waals surface area contributed by atoms with Crippen LogP contribution in [-0.2, 0) is 22.2 Å².